The van der Waals surface area contributed by atoms with Crippen LogP contribution in [-0.2, 0) is 10.8 Å². The number of thiophene rings is 2. The van der Waals surface area contributed by atoms with E-state index in [-0.39, 0.29) is 22.3 Å². The second kappa shape index (κ2) is 11.2. The SMILES string of the molecule is COc1cc(N=C(C#N)C#N)sc1-c1nc2c(s1)-c1cc3c(cc1C2(C)C)-c1sc(-c2sc(N=C(C#N)C#N)cc2OC)nc1C3(C)C. The number of hydrogen-bond donors (Lipinski definition) is 0. The molecule has 2 aliphatic rings. The van der Waals surface area contributed by atoms with Crippen LogP contribution in [0.1, 0.15) is 50.2 Å². The number of aromatic nitrogens is 2. The Morgan fingerprint density at radius 1 is 0.604 bits per heavy atom. The summed E-state index contributed by atoms with van der Waals surface area (Å²) in [6.07, 6.45) is 0. The molecule has 0 atom stereocenters. The molecule has 10 nitrogen and oxygen atoms in total. The monoisotopic (exact) mass is 702 g/mol. The van der Waals surface area contributed by atoms with Crippen molar-refractivity contribution >= 4 is 66.8 Å². The van der Waals surface area contributed by atoms with E-state index in [2.05, 4.69) is 49.8 Å². The van der Waals surface area contributed by atoms with E-state index in [0.29, 0.717) is 21.5 Å². The first-order valence-electron chi connectivity index (χ1n) is 14.4. The van der Waals surface area contributed by atoms with E-state index in [1.807, 2.05) is 24.3 Å². The van der Waals surface area contributed by atoms with Crippen molar-refractivity contribution in [3.05, 3.63) is 46.8 Å². The van der Waals surface area contributed by atoms with Gasteiger partial charge < -0.3 is 9.47 Å². The Morgan fingerprint density at radius 3 is 1.31 bits per heavy atom. The molecule has 48 heavy (non-hydrogen) atoms. The van der Waals surface area contributed by atoms with E-state index in [0.717, 1.165) is 52.0 Å². The molecule has 0 spiro atoms. The predicted octanol–water partition coefficient (Wildman–Crippen LogP) is 8.93. The van der Waals surface area contributed by atoms with Crippen LogP contribution in [0.5, 0.6) is 11.5 Å². The lowest BCUT2D eigenvalue weighted by Crippen LogP contribution is -2.18. The summed E-state index contributed by atoms with van der Waals surface area (Å²) in [6.45, 7) is 8.76. The highest BCUT2D eigenvalue weighted by atomic mass is 32.1. The van der Waals surface area contributed by atoms with Crippen LogP contribution < -0.4 is 9.47 Å². The van der Waals surface area contributed by atoms with Crippen LogP contribution in [0, 0.1) is 45.3 Å². The second-order valence-corrected chi connectivity index (χ2v) is 16.0. The molecule has 0 radical (unpaired) electrons. The molecule has 4 heterocycles. The lowest BCUT2D eigenvalue weighted by Gasteiger charge is -2.23. The first-order valence-corrected chi connectivity index (χ1v) is 17.6. The molecule has 1 aromatic carbocycles. The zero-order valence-electron chi connectivity index (χ0n) is 26.3. The molecule has 0 saturated carbocycles. The smallest absolute Gasteiger partial charge is 0.219 e. The van der Waals surface area contributed by atoms with Crippen molar-refractivity contribution < 1.29 is 9.47 Å². The van der Waals surface area contributed by atoms with Gasteiger partial charge in [0.2, 0.25) is 11.4 Å². The molecule has 0 amide bonds. The lowest BCUT2D eigenvalue weighted by molar-refractivity contribution is 0.418. The summed E-state index contributed by atoms with van der Waals surface area (Å²) >= 11 is 5.88. The molecular formula is C34H22N8O2S4. The summed E-state index contributed by atoms with van der Waals surface area (Å²) in [7, 11) is 3.17. The minimum atomic E-state index is -0.377. The second-order valence-electron chi connectivity index (χ2n) is 11.9. The molecule has 0 bridgehead atoms. The summed E-state index contributed by atoms with van der Waals surface area (Å²) in [6, 6.07) is 15.3. The summed E-state index contributed by atoms with van der Waals surface area (Å²) < 4.78 is 11.3. The van der Waals surface area contributed by atoms with Gasteiger partial charge in [-0.15, -0.1) is 45.3 Å². The maximum absolute atomic E-state index is 9.17. The van der Waals surface area contributed by atoms with E-state index in [9.17, 15) is 21.0 Å². The van der Waals surface area contributed by atoms with Gasteiger partial charge in [-0.3, -0.25) is 0 Å². The topological polar surface area (TPSA) is 164 Å². The quantitative estimate of drug-likeness (QED) is 0.158. The Hall–Kier alpha value is -5.22. The minimum absolute atomic E-state index is 0.216. The van der Waals surface area contributed by atoms with Gasteiger partial charge in [-0.25, -0.2) is 20.0 Å². The lowest BCUT2D eigenvalue weighted by atomic mass is 9.81. The van der Waals surface area contributed by atoms with E-state index in [1.165, 1.54) is 33.8 Å². The number of aliphatic imine (C=N–C) groups is 2. The number of nitrogens with zero attached hydrogens (tertiary/aromatic N) is 8. The van der Waals surface area contributed by atoms with Crippen molar-refractivity contribution in [2.75, 3.05) is 14.2 Å². The summed E-state index contributed by atoms with van der Waals surface area (Å²) in [5.74, 6) is 1.19. The highest BCUT2D eigenvalue weighted by Gasteiger charge is 2.45. The molecule has 5 aromatic rings. The molecular weight excluding hydrogens is 681 g/mol. The van der Waals surface area contributed by atoms with Gasteiger partial charge >= 0.3 is 0 Å². The standard InChI is InChI=1S/C34H22N8O2S4/c1-33(2)19-7-18-20(8-17(19)25-29(33)41-31(47-25)27-21(43-5)9-23(45-27)39-15(11-35)12-36)34(3,4)30-26(18)48-32(42-30)28-22(44-6)10-24(46-28)40-16(13-37)14-38/h7-10H,1-6H3. The number of methoxy groups -OCH3 is 2. The van der Waals surface area contributed by atoms with Crippen LogP contribution in [0.4, 0.5) is 10.0 Å². The van der Waals surface area contributed by atoms with Gasteiger partial charge in [0.05, 0.1) is 35.4 Å². The Balaban J connectivity index is 1.32. The molecule has 14 heteroatoms. The maximum atomic E-state index is 9.17. The zero-order valence-corrected chi connectivity index (χ0v) is 29.6. The summed E-state index contributed by atoms with van der Waals surface area (Å²) in [5.41, 5.74) is 5.49. The van der Waals surface area contributed by atoms with E-state index in [4.69, 9.17) is 19.4 Å². The molecule has 0 unspecified atom stereocenters. The van der Waals surface area contributed by atoms with Crippen LogP contribution >= 0.6 is 45.3 Å². The highest BCUT2D eigenvalue weighted by molar-refractivity contribution is 7.26. The Bertz CT molecular complexity index is 2240. The predicted molar refractivity (Wildman–Crippen MR) is 189 cm³/mol. The Morgan fingerprint density at radius 2 is 0.979 bits per heavy atom. The molecule has 0 fully saturated rings. The summed E-state index contributed by atoms with van der Waals surface area (Å²) in [4.78, 5) is 22.5. The number of fused-ring (bicyclic) bond motifs is 6. The minimum Gasteiger partial charge on any atom is -0.495 e. The van der Waals surface area contributed by atoms with Crippen molar-refractivity contribution in [1.29, 1.82) is 21.0 Å². The molecule has 234 valence electrons. The molecule has 0 aliphatic heterocycles. The number of rotatable bonds is 6. The van der Waals surface area contributed by atoms with Crippen molar-refractivity contribution in [3.8, 4) is 76.4 Å². The fraction of sp³-hybridized carbons (Fsp3) is 0.235. The fourth-order valence-electron chi connectivity index (χ4n) is 6.12. The van der Waals surface area contributed by atoms with Crippen LogP contribution in [0.15, 0.2) is 34.3 Å². The number of thiazole rings is 2. The third-order valence-electron chi connectivity index (χ3n) is 8.50. The number of ether oxygens (including phenoxy) is 2. The van der Waals surface area contributed by atoms with Gasteiger partial charge in [-0.1, -0.05) is 27.7 Å². The largest absolute Gasteiger partial charge is 0.495 e. The van der Waals surface area contributed by atoms with E-state index >= 15 is 0 Å². The number of hydrogen-bond acceptors (Lipinski definition) is 14. The maximum Gasteiger partial charge on any atom is 0.219 e. The molecule has 4 aromatic heterocycles. The third-order valence-corrected chi connectivity index (χ3v) is 13.0. The van der Waals surface area contributed by atoms with Crippen molar-refractivity contribution in [3.63, 3.8) is 0 Å². The van der Waals surface area contributed by atoms with E-state index < -0.39 is 0 Å². The highest BCUT2D eigenvalue weighted by Crippen LogP contribution is 2.60. The first-order chi connectivity index (χ1) is 23.0. The van der Waals surface area contributed by atoms with Gasteiger partial charge in [0.1, 0.15) is 65.5 Å². The van der Waals surface area contributed by atoms with Gasteiger partial charge in [-0.05, 0) is 34.4 Å². The Kier molecular flexibility index (Phi) is 7.32. The number of nitriles is 4. The number of benzene rings is 1. The normalized spacial score (nSPS) is 13.9. The first kappa shape index (κ1) is 31.4. The van der Waals surface area contributed by atoms with Gasteiger partial charge in [0, 0.05) is 23.0 Å². The van der Waals surface area contributed by atoms with Gasteiger partial charge in [-0.2, -0.15) is 21.0 Å². The van der Waals surface area contributed by atoms with Crippen molar-refractivity contribution in [1.82, 2.24) is 9.97 Å². The molecule has 0 N–H and O–H groups in total. The Labute approximate surface area is 291 Å². The van der Waals surface area contributed by atoms with Crippen LogP contribution in [0.25, 0.3) is 40.7 Å². The summed E-state index contributed by atoms with van der Waals surface area (Å²) in [5, 5.41) is 39.3. The molecule has 7 rings (SSSR count). The van der Waals surface area contributed by atoms with Crippen LogP contribution in [-0.4, -0.2) is 35.6 Å². The average Bonchev–Trinajstić information content (AvgIpc) is 3.91. The van der Waals surface area contributed by atoms with Crippen LogP contribution in [0.2, 0.25) is 0 Å². The van der Waals surface area contributed by atoms with Gasteiger partial charge in [0.25, 0.3) is 0 Å². The fourth-order valence-corrected chi connectivity index (χ4v) is 10.8. The van der Waals surface area contributed by atoms with Crippen molar-refractivity contribution in [2.45, 2.75) is 38.5 Å². The molecule has 2 aliphatic carbocycles. The van der Waals surface area contributed by atoms with Crippen molar-refractivity contribution in [2.24, 2.45) is 9.98 Å². The van der Waals surface area contributed by atoms with Gasteiger partial charge in [0.15, 0.2) is 0 Å². The third kappa shape index (κ3) is 4.57. The molecule has 0 saturated heterocycles. The average molecular weight is 703 g/mol. The van der Waals surface area contributed by atoms with Crippen LogP contribution in [0.3, 0.4) is 0 Å². The zero-order chi connectivity index (χ0) is 34.1. The van der Waals surface area contributed by atoms with E-state index in [1.54, 1.807) is 49.0 Å².